The van der Waals surface area contributed by atoms with Gasteiger partial charge >= 0.3 is 6.18 Å². The van der Waals surface area contributed by atoms with Gasteiger partial charge in [-0.2, -0.15) is 13.2 Å². The topological polar surface area (TPSA) is 101 Å². The Morgan fingerprint density at radius 2 is 1.81 bits per heavy atom. The number of nitrogens with zero attached hydrogens (tertiary/aromatic N) is 3. The summed E-state index contributed by atoms with van der Waals surface area (Å²) in [6.45, 7) is 5.24. The van der Waals surface area contributed by atoms with E-state index in [9.17, 15) is 17.6 Å². The van der Waals surface area contributed by atoms with Crippen LogP contribution in [0.25, 0.3) is 17.0 Å². The Morgan fingerprint density at radius 1 is 1.05 bits per heavy atom. The van der Waals surface area contributed by atoms with Crippen LogP contribution in [0.15, 0.2) is 73.6 Å². The second-order valence-corrected chi connectivity index (χ2v) is 10.2. The average Bonchev–Trinajstić information content (AvgIpc) is 3.50. The maximum atomic E-state index is 13.5. The molecule has 11 heteroatoms. The zero-order valence-corrected chi connectivity index (χ0v) is 22.8. The van der Waals surface area contributed by atoms with Crippen molar-refractivity contribution in [3.63, 3.8) is 0 Å². The number of aromatic nitrogens is 3. The summed E-state index contributed by atoms with van der Waals surface area (Å²) in [6.07, 6.45) is 1.90. The molecule has 2 aromatic carbocycles. The highest BCUT2D eigenvalue weighted by atomic mass is 19.4. The van der Waals surface area contributed by atoms with Crippen molar-refractivity contribution < 1.29 is 17.6 Å². The molecule has 1 aliphatic rings. The van der Waals surface area contributed by atoms with Gasteiger partial charge in [-0.15, -0.1) is 0 Å². The number of rotatable bonds is 10. The molecule has 2 aromatic heterocycles. The zero-order valence-electron chi connectivity index (χ0n) is 22.8. The maximum absolute atomic E-state index is 13.5. The molecule has 0 spiro atoms. The molecular weight excluding hydrogens is 546 g/mol. The first-order valence-corrected chi connectivity index (χ1v) is 13.6. The van der Waals surface area contributed by atoms with Gasteiger partial charge in [0.25, 0.3) is 0 Å². The van der Waals surface area contributed by atoms with Crippen LogP contribution in [0.1, 0.15) is 41.6 Å². The van der Waals surface area contributed by atoms with Crippen molar-refractivity contribution >= 4 is 23.0 Å². The lowest BCUT2D eigenvalue weighted by Gasteiger charge is -2.17. The monoisotopic (exact) mass is 577 g/mol. The molecule has 0 saturated carbocycles. The molecule has 7 nitrogen and oxygen atoms in total. The highest BCUT2D eigenvalue weighted by Crippen LogP contribution is 2.33. The predicted octanol–water partition coefficient (Wildman–Crippen LogP) is 6.66. The highest BCUT2D eigenvalue weighted by Gasteiger charge is 2.32. The van der Waals surface area contributed by atoms with E-state index in [1.54, 1.807) is 6.20 Å². The van der Waals surface area contributed by atoms with E-state index >= 15 is 0 Å². The Labute approximate surface area is 241 Å². The van der Waals surface area contributed by atoms with Gasteiger partial charge in [-0.3, -0.25) is 0 Å². The molecule has 5 N–H and O–H groups in total. The molecule has 4 aromatic rings. The third-order valence-corrected chi connectivity index (χ3v) is 7.16. The van der Waals surface area contributed by atoms with E-state index in [0.29, 0.717) is 29.8 Å². The number of nitrogens with one attached hydrogen (secondary N) is 3. The Bertz CT molecular complexity index is 1530. The molecule has 0 aliphatic carbocycles. The summed E-state index contributed by atoms with van der Waals surface area (Å²) in [4.78, 5) is 13.1. The second kappa shape index (κ2) is 12.6. The van der Waals surface area contributed by atoms with E-state index in [1.165, 1.54) is 30.7 Å². The summed E-state index contributed by atoms with van der Waals surface area (Å²) in [5, 5.41) is 9.53. The van der Waals surface area contributed by atoms with Crippen LogP contribution in [0.2, 0.25) is 0 Å². The fourth-order valence-electron chi connectivity index (χ4n) is 4.82. The fraction of sp³-hybridized carbons (Fsp3) is 0.258. The molecule has 42 heavy (non-hydrogen) atoms. The van der Waals surface area contributed by atoms with Gasteiger partial charge in [-0.1, -0.05) is 30.8 Å². The van der Waals surface area contributed by atoms with Crippen LogP contribution in [0.4, 0.5) is 34.9 Å². The summed E-state index contributed by atoms with van der Waals surface area (Å²) in [6, 6.07) is 14.5. The minimum atomic E-state index is -4.58. The van der Waals surface area contributed by atoms with Crippen LogP contribution in [-0.4, -0.2) is 27.5 Å². The van der Waals surface area contributed by atoms with Gasteiger partial charge in [0.1, 0.15) is 17.5 Å². The third kappa shape index (κ3) is 7.22. The molecule has 1 atom stereocenters. The number of pyridine rings is 1. The lowest BCUT2D eigenvalue weighted by atomic mass is 10.1. The lowest BCUT2D eigenvalue weighted by Crippen LogP contribution is -2.22. The Morgan fingerprint density at radius 3 is 2.50 bits per heavy atom. The van der Waals surface area contributed by atoms with Crippen LogP contribution in [0.3, 0.4) is 0 Å². The Balaban J connectivity index is 1.29. The van der Waals surface area contributed by atoms with Crippen LogP contribution in [-0.2, 0) is 19.1 Å². The SMILES string of the molecule is C=C(Nc1ccc(F)cc1)c1cc(C(F)(F)F)cnc1NCc1ccc(-c2cnc(N)c(CC[C@@H]3CCCN3)n2)cc1. The fourth-order valence-corrected chi connectivity index (χ4v) is 4.82. The van der Waals surface area contributed by atoms with Crippen LogP contribution < -0.4 is 21.7 Å². The molecule has 0 radical (unpaired) electrons. The van der Waals surface area contributed by atoms with Gasteiger partial charge in [0, 0.05) is 41.3 Å². The summed E-state index contributed by atoms with van der Waals surface area (Å²) >= 11 is 0. The molecule has 218 valence electrons. The van der Waals surface area contributed by atoms with Gasteiger partial charge in [-0.05, 0) is 68.1 Å². The number of aryl methyl sites for hydroxylation is 1. The zero-order chi connectivity index (χ0) is 29.7. The van der Waals surface area contributed by atoms with Crippen molar-refractivity contribution in [3.8, 4) is 11.3 Å². The minimum absolute atomic E-state index is 0.142. The predicted molar refractivity (Wildman–Crippen MR) is 157 cm³/mol. The molecular formula is C31H31F4N7. The molecule has 0 unspecified atom stereocenters. The highest BCUT2D eigenvalue weighted by molar-refractivity contribution is 5.81. The second-order valence-electron chi connectivity index (χ2n) is 10.2. The largest absolute Gasteiger partial charge is 0.417 e. The standard InChI is InChI=1S/C31H31F4N7/c1-19(41-25-10-8-23(32)9-11-25)26-15-22(31(33,34)35)17-40-30(26)39-16-20-4-6-21(7-5-20)28-18-38-29(36)27(42-28)13-12-24-3-2-14-37-24/h4-11,15,17-18,24,37,41H,1-3,12-14,16H2,(H2,36,38)(H,39,40)/t24-/m0/s1. The number of hydrogen-bond donors (Lipinski definition) is 4. The Kier molecular flexibility index (Phi) is 8.67. The number of anilines is 3. The molecule has 1 saturated heterocycles. The number of nitrogen functional groups attached to an aromatic ring is 1. The normalized spacial score (nSPS) is 15.0. The minimum Gasteiger partial charge on any atom is -0.382 e. The number of nitrogens with two attached hydrogens (primary N) is 1. The van der Waals surface area contributed by atoms with Crippen molar-refractivity contribution in [2.45, 2.75) is 44.4 Å². The van der Waals surface area contributed by atoms with Crippen molar-refractivity contribution in [1.82, 2.24) is 20.3 Å². The van der Waals surface area contributed by atoms with Gasteiger partial charge in [0.05, 0.1) is 23.1 Å². The summed E-state index contributed by atoms with van der Waals surface area (Å²) in [5.41, 5.74) is 9.23. The van der Waals surface area contributed by atoms with Crippen molar-refractivity contribution in [3.05, 3.63) is 102 Å². The van der Waals surface area contributed by atoms with Gasteiger partial charge < -0.3 is 21.7 Å². The lowest BCUT2D eigenvalue weighted by molar-refractivity contribution is -0.137. The molecule has 1 fully saturated rings. The first kappa shape index (κ1) is 29.0. The van der Waals surface area contributed by atoms with E-state index in [4.69, 9.17) is 10.7 Å². The summed E-state index contributed by atoms with van der Waals surface area (Å²) in [7, 11) is 0. The van der Waals surface area contributed by atoms with E-state index < -0.39 is 17.6 Å². The van der Waals surface area contributed by atoms with Crippen molar-refractivity contribution in [2.75, 3.05) is 22.9 Å². The first-order chi connectivity index (χ1) is 20.2. The number of benzene rings is 2. The molecule has 5 rings (SSSR count). The van der Waals surface area contributed by atoms with Crippen LogP contribution in [0, 0.1) is 5.82 Å². The molecule has 3 heterocycles. The number of hydrogen-bond acceptors (Lipinski definition) is 7. The van der Waals surface area contributed by atoms with Crippen LogP contribution in [0.5, 0.6) is 0 Å². The number of halogens is 4. The Hall–Kier alpha value is -4.51. The molecule has 0 bridgehead atoms. The molecule has 0 amide bonds. The van der Waals surface area contributed by atoms with E-state index in [1.807, 2.05) is 24.3 Å². The summed E-state index contributed by atoms with van der Waals surface area (Å²) < 4.78 is 53.6. The third-order valence-electron chi connectivity index (χ3n) is 7.16. The first-order valence-electron chi connectivity index (χ1n) is 13.6. The van der Waals surface area contributed by atoms with E-state index in [-0.39, 0.29) is 17.1 Å². The van der Waals surface area contributed by atoms with E-state index in [2.05, 4.69) is 32.5 Å². The van der Waals surface area contributed by atoms with Gasteiger partial charge in [-0.25, -0.2) is 19.3 Å². The van der Waals surface area contributed by atoms with Crippen molar-refractivity contribution in [1.29, 1.82) is 0 Å². The summed E-state index contributed by atoms with van der Waals surface area (Å²) in [5.74, 6) is 0.228. The van der Waals surface area contributed by atoms with Crippen molar-refractivity contribution in [2.24, 2.45) is 0 Å². The smallest absolute Gasteiger partial charge is 0.382 e. The quantitative estimate of drug-likeness (QED) is 0.157. The van der Waals surface area contributed by atoms with Gasteiger partial charge in [0.2, 0.25) is 0 Å². The maximum Gasteiger partial charge on any atom is 0.417 e. The number of alkyl halides is 3. The van der Waals surface area contributed by atoms with Crippen LogP contribution >= 0.6 is 0 Å². The van der Waals surface area contributed by atoms with Gasteiger partial charge in [0.15, 0.2) is 0 Å². The molecule has 1 aliphatic heterocycles. The van der Waals surface area contributed by atoms with E-state index in [0.717, 1.165) is 54.9 Å². The average molecular weight is 578 g/mol.